The summed E-state index contributed by atoms with van der Waals surface area (Å²) in [5.74, 6) is 1.24. The van der Waals surface area contributed by atoms with E-state index in [9.17, 15) is 25.2 Å². The molecule has 0 unspecified atom stereocenters. The SMILES string of the molecule is COc1c(CN2O[C@@H](CO)[C@H]([C@H](C)O)[C@H]2C(=O)N[C@H]2C[C@H]3C[C@H]([C@@H]2C)C3(C)C)cccc1-c1cc(CO)cc(CO)c1. The summed E-state index contributed by atoms with van der Waals surface area (Å²) in [5, 5.41) is 45.3. The van der Waals surface area contributed by atoms with E-state index in [1.807, 2.05) is 30.3 Å². The molecule has 8 atom stereocenters. The van der Waals surface area contributed by atoms with Gasteiger partial charge >= 0.3 is 0 Å². The van der Waals surface area contributed by atoms with Crippen LogP contribution < -0.4 is 10.1 Å². The molecule has 3 aliphatic carbocycles. The number of hydroxylamine groups is 2. The Kier molecular flexibility index (Phi) is 9.00. The van der Waals surface area contributed by atoms with Gasteiger partial charge in [0.1, 0.15) is 17.9 Å². The quantitative estimate of drug-likeness (QED) is 0.289. The van der Waals surface area contributed by atoms with Crippen molar-refractivity contribution in [2.75, 3.05) is 13.7 Å². The van der Waals surface area contributed by atoms with Crippen LogP contribution in [-0.2, 0) is 29.4 Å². The van der Waals surface area contributed by atoms with Crippen molar-refractivity contribution in [3.63, 3.8) is 0 Å². The van der Waals surface area contributed by atoms with Crippen LogP contribution in [-0.4, -0.2) is 69.4 Å². The molecule has 1 heterocycles. The third-order valence-corrected chi connectivity index (χ3v) is 10.4. The molecule has 2 bridgehead atoms. The lowest BCUT2D eigenvalue weighted by molar-refractivity contribution is -0.183. The largest absolute Gasteiger partial charge is 0.496 e. The van der Waals surface area contributed by atoms with Crippen LogP contribution in [0.25, 0.3) is 11.1 Å². The lowest BCUT2D eigenvalue weighted by Gasteiger charge is -2.62. The number of carbonyl (C=O) groups is 1. The van der Waals surface area contributed by atoms with E-state index in [2.05, 4.69) is 26.1 Å². The minimum absolute atomic E-state index is 0.0522. The lowest BCUT2D eigenvalue weighted by atomic mass is 9.45. The zero-order valence-electron chi connectivity index (χ0n) is 25.3. The molecule has 0 radical (unpaired) electrons. The van der Waals surface area contributed by atoms with Crippen LogP contribution in [0, 0.1) is 29.1 Å². The van der Waals surface area contributed by atoms with Crippen LogP contribution in [0.2, 0.25) is 0 Å². The first-order chi connectivity index (χ1) is 20.0. The van der Waals surface area contributed by atoms with Crippen LogP contribution in [0.3, 0.4) is 0 Å². The standard InChI is InChI=1S/C33H46N2O7/c1-18-26-12-24(33(26,3)4)13-27(18)34-32(40)30-29(19(2)39)28(17-38)42-35(30)14-22-7-6-8-25(31(22)41-5)23-10-20(15-36)9-21(11-23)16-37/h6-11,18-19,24,26-30,36-39H,12-17H2,1-5H3,(H,34,40)/t18-,19-,24+,26+,27-,28-,29-,30-/m0/s1. The third-order valence-electron chi connectivity index (χ3n) is 10.4. The van der Waals surface area contributed by atoms with Crippen molar-refractivity contribution in [3.8, 4) is 16.9 Å². The number of hydrogen-bond donors (Lipinski definition) is 5. The monoisotopic (exact) mass is 582 g/mol. The van der Waals surface area contributed by atoms with E-state index < -0.39 is 24.2 Å². The molecule has 2 aromatic carbocycles. The molecule has 9 heteroatoms. The molecule has 6 rings (SSSR count). The van der Waals surface area contributed by atoms with E-state index in [4.69, 9.17) is 9.57 Å². The Hall–Kier alpha value is -2.53. The van der Waals surface area contributed by atoms with Gasteiger partial charge in [-0.3, -0.25) is 9.63 Å². The predicted octanol–water partition coefficient (Wildman–Crippen LogP) is 3.01. The van der Waals surface area contributed by atoms with Gasteiger partial charge in [-0.05, 0) is 71.8 Å². The number of methoxy groups -OCH3 is 1. The third kappa shape index (κ3) is 5.47. The van der Waals surface area contributed by atoms with Crippen molar-refractivity contribution in [1.29, 1.82) is 0 Å². The second kappa shape index (κ2) is 12.2. The Morgan fingerprint density at radius 1 is 1.14 bits per heavy atom. The highest BCUT2D eigenvalue weighted by Crippen LogP contribution is 2.61. The van der Waals surface area contributed by atoms with Gasteiger partial charge in [0.2, 0.25) is 5.91 Å². The van der Waals surface area contributed by atoms with Crippen molar-refractivity contribution < 1.29 is 34.8 Å². The van der Waals surface area contributed by atoms with Gasteiger partial charge in [-0.15, -0.1) is 0 Å². The van der Waals surface area contributed by atoms with E-state index in [0.717, 1.165) is 23.1 Å². The Morgan fingerprint density at radius 3 is 2.38 bits per heavy atom. The van der Waals surface area contributed by atoms with E-state index in [1.165, 1.54) is 6.42 Å². The topological polar surface area (TPSA) is 132 Å². The van der Waals surface area contributed by atoms with Gasteiger partial charge in [-0.1, -0.05) is 45.0 Å². The van der Waals surface area contributed by atoms with Gasteiger partial charge in [-0.2, -0.15) is 5.06 Å². The molecule has 1 amide bonds. The molecule has 3 saturated carbocycles. The number of carbonyl (C=O) groups excluding carboxylic acids is 1. The Labute approximate surface area is 248 Å². The normalized spacial score (nSPS) is 30.9. The van der Waals surface area contributed by atoms with Crippen molar-refractivity contribution in [2.24, 2.45) is 29.1 Å². The first kappa shape index (κ1) is 30.9. The van der Waals surface area contributed by atoms with Crippen LogP contribution in [0.15, 0.2) is 36.4 Å². The number of ether oxygens (including phenoxy) is 1. The second-order valence-electron chi connectivity index (χ2n) is 13.1. The molecular weight excluding hydrogens is 536 g/mol. The van der Waals surface area contributed by atoms with Crippen LogP contribution in [0.1, 0.15) is 57.2 Å². The molecule has 4 fully saturated rings. The number of nitrogens with zero attached hydrogens (tertiary/aromatic N) is 1. The Bertz CT molecular complexity index is 1260. The second-order valence-corrected chi connectivity index (χ2v) is 13.1. The first-order valence-electron chi connectivity index (χ1n) is 15.1. The number of aliphatic hydroxyl groups excluding tert-OH is 4. The molecule has 2 aromatic rings. The summed E-state index contributed by atoms with van der Waals surface area (Å²) in [5.41, 5.74) is 3.94. The Morgan fingerprint density at radius 2 is 1.83 bits per heavy atom. The maximum atomic E-state index is 14.0. The van der Waals surface area contributed by atoms with Gasteiger partial charge in [0.15, 0.2) is 0 Å². The van der Waals surface area contributed by atoms with Crippen LogP contribution in [0.5, 0.6) is 5.75 Å². The van der Waals surface area contributed by atoms with Crippen molar-refractivity contribution in [2.45, 2.75) is 84.6 Å². The van der Waals surface area contributed by atoms with Crippen LogP contribution >= 0.6 is 0 Å². The van der Waals surface area contributed by atoms with Gasteiger partial charge in [0.05, 0.1) is 39.6 Å². The maximum absolute atomic E-state index is 14.0. The van der Waals surface area contributed by atoms with E-state index in [1.54, 1.807) is 25.2 Å². The van der Waals surface area contributed by atoms with Crippen molar-refractivity contribution in [3.05, 3.63) is 53.1 Å². The molecule has 0 spiro atoms. The summed E-state index contributed by atoms with van der Waals surface area (Å²) in [4.78, 5) is 20.2. The number of nitrogens with one attached hydrogen (secondary N) is 1. The summed E-state index contributed by atoms with van der Waals surface area (Å²) in [7, 11) is 1.58. The van der Waals surface area contributed by atoms with Gasteiger partial charge in [0, 0.05) is 23.1 Å². The summed E-state index contributed by atoms with van der Waals surface area (Å²) in [6.07, 6.45) is 0.523. The summed E-state index contributed by atoms with van der Waals surface area (Å²) >= 11 is 0. The molecule has 5 N–H and O–H groups in total. The smallest absolute Gasteiger partial charge is 0.240 e. The minimum atomic E-state index is -0.884. The number of rotatable bonds is 10. The number of amides is 1. The summed E-state index contributed by atoms with van der Waals surface area (Å²) in [6, 6.07) is 10.4. The van der Waals surface area contributed by atoms with Crippen molar-refractivity contribution in [1.82, 2.24) is 10.4 Å². The van der Waals surface area contributed by atoms with Gasteiger partial charge < -0.3 is 30.5 Å². The number of benzene rings is 2. The number of fused-ring (bicyclic) bond motifs is 2. The average Bonchev–Trinajstić information content (AvgIpc) is 3.36. The maximum Gasteiger partial charge on any atom is 0.240 e. The number of hydrogen-bond acceptors (Lipinski definition) is 8. The first-order valence-corrected chi connectivity index (χ1v) is 15.1. The van der Waals surface area contributed by atoms with E-state index in [0.29, 0.717) is 40.0 Å². The van der Waals surface area contributed by atoms with Crippen molar-refractivity contribution >= 4 is 5.91 Å². The van der Waals surface area contributed by atoms with Gasteiger partial charge in [0.25, 0.3) is 0 Å². The summed E-state index contributed by atoms with van der Waals surface area (Å²) in [6.45, 7) is 8.04. The average molecular weight is 583 g/mol. The molecule has 0 aromatic heterocycles. The highest BCUT2D eigenvalue weighted by Gasteiger charge is 2.57. The van der Waals surface area contributed by atoms with Gasteiger partial charge in [-0.25, -0.2) is 0 Å². The number of aliphatic hydroxyl groups is 4. The zero-order valence-corrected chi connectivity index (χ0v) is 25.3. The van der Waals surface area contributed by atoms with E-state index in [-0.39, 0.29) is 38.3 Å². The molecule has 1 saturated heterocycles. The molecule has 42 heavy (non-hydrogen) atoms. The minimum Gasteiger partial charge on any atom is -0.496 e. The fourth-order valence-corrected chi connectivity index (χ4v) is 7.93. The highest BCUT2D eigenvalue weighted by atomic mass is 16.7. The molecule has 4 aliphatic rings. The highest BCUT2D eigenvalue weighted by molar-refractivity contribution is 5.83. The lowest BCUT2D eigenvalue weighted by Crippen LogP contribution is -2.62. The fourth-order valence-electron chi connectivity index (χ4n) is 7.93. The molecular formula is C33H46N2O7. The zero-order chi connectivity index (χ0) is 30.3. The Balaban J connectivity index is 1.44. The molecule has 230 valence electrons. The summed E-state index contributed by atoms with van der Waals surface area (Å²) < 4.78 is 5.88. The van der Waals surface area contributed by atoms with E-state index >= 15 is 0 Å². The van der Waals surface area contributed by atoms with Crippen LogP contribution in [0.4, 0.5) is 0 Å². The molecule has 9 nitrogen and oxygen atoms in total. The number of para-hydroxylation sites is 1. The fraction of sp³-hybridized carbons (Fsp3) is 0.606. The molecule has 1 aliphatic heterocycles. The predicted molar refractivity (Wildman–Crippen MR) is 158 cm³/mol.